The maximum atomic E-state index is 13.0. The van der Waals surface area contributed by atoms with Crippen LogP contribution in [0.4, 0.5) is 0 Å². The Morgan fingerprint density at radius 3 is 2.63 bits per heavy atom. The molecule has 1 spiro atoms. The summed E-state index contributed by atoms with van der Waals surface area (Å²) in [6, 6.07) is 0. The second kappa shape index (κ2) is 6.85. The van der Waals surface area contributed by atoms with Crippen LogP contribution in [0.5, 0.6) is 0 Å². The van der Waals surface area contributed by atoms with Gasteiger partial charge in [-0.25, -0.2) is 0 Å². The van der Waals surface area contributed by atoms with E-state index in [1.54, 1.807) is 0 Å². The number of hydrogen-bond acceptors (Lipinski definition) is 5. The molecule has 3 aliphatic rings. The number of ether oxygens (including phenoxy) is 1. The lowest BCUT2D eigenvalue weighted by Crippen LogP contribution is -2.56. The Morgan fingerprint density at radius 2 is 1.93 bits per heavy atom. The predicted octanol–water partition coefficient (Wildman–Crippen LogP) is 2.18. The van der Waals surface area contributed by atoms with Gasteiger partial charge in [0.15, 0.2) is 0 Å². The van der Waals surface area contributed by atoms with Crippen LogP contribution in [-0.2, 0) is 17.7 Å². The van der Waals surface area contributed by atoms with Crippen molar-refractivity contribution in [3.63, 3.8) is 0 Å². The number of rotatable bonds is 1. The van der Waals surface area contributed by atoms with E-state index in [0.717, 1.165) is 44.5 Å². The van der Waals surface area contributed by atoms with Gasteiger partial charge in [-0.1, -0.05) is 20.8 Å². The number of carbonyl (C=O) groups excluding carboxylic acids is 1. The predicted molar refractivity (Wildman–Crippen MR) is 100 cm³/mol. The molecule has 2 fully saturated rings. The Bertz CT molecular complexity index is 701. The Labute approximate surface area is 161 Å². The Kier molecular flexibility index (Phi) is 4.79. The molecule has 7 heteroatoms. The second-order valence-electron chi connectivity index (χ2n) is 9.59. The number of likely N-dealkylation sites (tertiary alicyclic amines) is 1. The van der Waals surface area contributed by atoms with Gasteiger partial charge in [0.05, 0.1) is 17.8 Å². The van der Waals surface area contributed by atoms with Gasteiger partial charge >= 0.3 is 0 Å². The smallest absolute Gasteiger partial charge is 0.291 e. The first-order chi connectivity index (χ1) is 12.8. The molecule has 0 aromatic carbocycles. The van der Waals surface area contributed by atoms with Crippen molar-refractivity contribution in [2.75, 3.05) is 13.1 Å². The molecule has 150 valence electrons. The fourth-order valence-corrected chi connectivity index (χ4v) is 4.74. The molecule has 2 saturated heterocycles. The normalized spacial score (nSPS) is 28.2. The van der Waals surface area contributed by atoms with Crippen LogP contribution in [0.1, 0.15) is 75.7 Å². The first-order valence-corrected chi connectivity index (χ1v) is 10.3. The zero-order chi connectivity index (χ0) is 19.2. The third kappa shape index (κ3) is 3.63. The lowest BCUT2D eigenvalue weighted by atomic mass is 9.76. The first kappa shape index (κ1) is 18.9. The number of hydrogen-bond donors (Lipinski definition) is 1. The first-order valence-electron chi connectivity index (χ1n) is 10.3. The summed E-state index contributed by atoms with van der Waals surface area (Å²) in [4.78, 5) is 14.9. The highest BCUT2D eigenvalue weighted by Crippen LogP contribution is 2.42. The van der Waals surface area contributed by atoms with Crippen LogP contribution in [0.15, 0.2) is 0 Å². The summed E-state index contributed by atoms with van der Waals surface area (Å²) in [6.07, 6.45) is 5.72. The molecule has 4 rings (SSSR count). The number of aliphatic hydroxyl groups is 1. The van der Waals surface area contributed by atoms with E-state index in [-0.39, 0.29) is 29.1 Å². The average molecular weight is 377 g/mol. The van der Waals surface area contributed by atoms with Gasteiger partial charge in [0.25, 0.3) is 5.91 Å². The molecule has 2 atom stereocenters. The zero-order valence-corrected chi connectivity index (χ0v) is 16.8. The minimum absolute atomic E-state index is 0.00192. The molecule has 7 nitrogen and oxygen atoms in total. The third-order valence-electron chi connectivity index (χ3n) is 6.46. The van der Waals surface area contributed by atoms with Crippen molar-refractivity contribution in [3.05, 3.63) is 11.6 Å². The highest BCUT2D eigenvalue weighted by atomic mass is 16.5. The van der Waals surface area contributed by atoms with Crippen molar-refractivity contribution >= 4 is 5.91 Å². The van der Waals surface area contributed by atoms with E-state index in [0.29, 0.717) is 31.8 Å². The number of aryl methyl sites for hydroxylation is 1. The monoisotopic (exact) mass is 376 g/mol. The second-order valence-corrected chi connectivity index (χ2v) is 9.59. The van der Waals surface area contributed by atoms with Gasteiger partial charge in [-0.2, -0.15) is 0 Å². The molecule has 0 saturated carbocycles. The summed E-state index contributed by atoms with van der Waals surface area (Å²) in [5, 5.41) is 18.8. The number of amides is 1. The van der Waals surface area contributed by atoms with Crippen LogP contribution in [0.3, 0.4) is 0 Å². The van der Waals surface area contributed by atoms with Crippen molar-refractivity contribution in [2.24, 2.45) is 5.41 Å². The number of aliphatic hydroxyl groups excluding tert-OH is 1. The lowest BCUT2D eigenvalue weighted by molar-refractivity contribution is -0.205. The van der Waals surface area contributed by atoms with Gasteiger partial charge in [0.1, 0.15) is 5.82 Å². The molecular weight excluding hydrogens is 344 g/mol. The van der Waals surface area contributed by atoms with Crippen LogP contribution in [0, 0.1) is 5.41 Å². The highest BCUT2D eigenvalue weighted by Gasteiger charge is 2.47. The molecule has 0 bridgehead atoms. The molecule has 1 aromatic rings. The fourth-order valence-electron chi connectivity index (χ4n) is 4.74. The van der Waals surface area contributed by atoms with Crippen molar-refractivity contribution in [3.8, 4) is 0 Å². The van der Waals surface area contributed by atoms with E-state index < -0.39 is 0 Å². The average Bonchev–Trinajstić information content (AvgIpc) is 3.04. The van der Waals surface area contributed by atoms with Gasteiger partial charge in [0, 0.05) is 38.9 Å². The van der Waals surface area contributed by atoms with E-state index in [4.69, 9.17) is 4.74 Å². The summed E-state index contributed by atoms with van der Waals surface area (Å²) in [5.74, 6) is 1.40. The van der Waals surface area contributed by atoms with Crippen molar-refractivity contribution in [2.45, 2.75) is 90.1 Å². The molecule has 0 unspecified atom stereocenters. The van der Waals surface area contributed by atoms with Crippen LogP contribution >= 0.6 is 0 Å². The van der Waals surface area contributed by atoms with E-state index in [1.165, 1.54) is 0 Å². The molecule has 1 amide bonds. The lowest BCUT2D eigenvalue weighted by Gasteiger charge is -2.50. The number of piperidine rings is 1. The molecule has 4 heterocycles. The summed E-state index contributed by atoms with van der Waals surface area (Å²) in [7, 11) is 0. The molecule has 0 radical (unpaired) electrons. The highest BCUT2D eigenvalue weighted by molar-refractivity contribution is 5.90. The molecule has 27 heavy (non-hydrogen) atoms. The Hall–Kier alpha value is -1.47. The van der Waals surface area contributed by atoms with E-state index in [1.807, 2.05) is 9.47 Å². The Balaban J connectivity index is 1.44. The van der Waals surface area contributed by atoms with Crippen molar-refractivity contribution in [1.29, 1.82) is 0 Å². The van der Waals surface area contributed by atoms with Crippen LogP contribution in [0.2, 0.25) is 0 Å². The number of nitrogens with zero attached hydrogens (tertiary/aromatic N) is 4. The number of aromatic nitrogens is 3. The molecule has 1 aromatic heterocycles. The quantitative estimate of drug-likeness (QED) is 0.812. The van der Waals surface area contributed by atoms with E-state index >= 15 is 0 Å². The standard InChI is InChI=1S/C20H32N4O3/c1-19(2,3)15-12-14(25)13-20(27-15)7-10-23(11-8-20)18(26)17-22-21-16-6-4-5-9-24(16)17/h14-15,25H,4-13H2,1-3H3/t14-,15-/m1/s1. The third-order valence-corrected chi connectivity index (χ3v) is 6.46. The van der Waals surface area contributed by atoms with Crippen molar-refractivity contribution < 1.29 is 14.6 Å². The maximum absolute atomic E-state index is 13.0. The topological polar surface area (TPSA) is 80.5 Å². The maximum Gasteiger partial charge on any atom is 0.291 e. The van der Waals surface area contributed by atoms with Gasteiger partial charge in [0.2, 0.25) is 5.82 Å². The molecular formula is C20H32N4O3. The zero-order valence-electron chi connectivity index (χ0n) is 16.8. The van der Waals surface area contributed by atoms with Gasteiger partial charge in [-0.3, -0.25) is 4.79 Å². The van der Waals surface area contributed by atoms with E-state index in [2.05, 4.69) is 31.0 Å². The van der Waals surface area contributed by atoms with Gasteiger partial charge in [-0.05, 0) is 31.1 Å². The number of fused-ring (bicyclic) bond motifs is 1. The van der Waals surface area contributed by atoms with Crippen LogP contribution in [-0.4, -0.2) is 61.6 Å². The fraction of sp³-hybridized carbons (Fsp3) is 0.850. The Morgan fingerprint density at radius 1 is 1.19 bits per heavy atom. The molecule has 0 aliphatic carbocycles. The van der Waals surface area contributed by atoms with Crippen LogP contribution in [0.25, 0.3) is 0 Å². The minimum atomic E-state index is -0.325. The minimum Gasteiger partial charge on any atom is -0.393 e. The number of carbonyl (C=O) groups is 1. The van der Waals surface area contributed by atoms with Crippen molar-refractivity contribution in [1.82, 2.24) is 19.7 Å². The van der Waals surface area contributed by atoms with Gasteiger partial charge in [-0.15, -0.1) is 10.2 Å². The molecule has 3 aliphatic heterocycles. The summed E-state index contributed by atoms with van der Waals surface area (Å²) < 4.78 is 8.52. The van der Waals surface area contributed by atoms with E-state index in [9.17, 15) is 9.90 Å². The van der Waals surface area contributed by atoms with Gasteiger partial charge < -0.3 is 19.3 Å². The summed E-state index contributed by atoms with van der Waals surface area (Å²) in [5.41, 5.74) is -0.307. The molecule has 1 N–H and O–H groups in total. The largest absolute Gasteiger partial charge is 0.393 e. The van der Waals surface area contributed by atoms with Crippen LogP contribution < -0.4 is 0 Å². The SMILES string of the molecule is CC(C)(C)[C@H]1C[C@@H](O)CC2(CCN(C(=O)c3nnc4n3CCCC4)CC2)O1. The summed E-state index contributed by atoms with van der Waals surface area (Å²) >= 11 is 0. The summed E-state index contributed by atoms with van der Waals surface area (Å²) in [6.45, 7) is 8.61.